The molecular formula is C21H21NO2S. The summed E-state index contributed by atoms with van der Waals surface area (Å²) in [5.74, 6) is 0.559. The molecule has 1 amide bonds. The summed E-state index contributed by atoms with van der Waals surface area (Å²) in [7, 11) is 0. The van der Waals surface area contributed by atoms with Crippen LogP contribution >= 0.6 is 11.3 Å². The summed E-state index contributed by atoms with van der Waals surface area (Å²) in [6.45, 7) is 3.79. The fraction of sp³-hybridized carbons (Fsp3) is 0.190. The van der Waals surface area contributed by atoms with Crippen LogP contribution in [0.3, 0.4) is 0 Å². The third-order valence-electron chi connectivity index (χ3n) is 3.95. The zero-order valence-electron chi connectivity index (χ0n) is 14.3. The van der Waals surface area contributed by atoms with E-state index >= 15 is 0 Å². The molecule has 1 heterocycles. The van der Waals surface area contributed by atoms with Gasteiger partial charge in [0.25, 0.3) is 5.91 Å². The van der Waals surface area contributed by atoms with Gasteiger partial charge >= 0.3 is 0 Å². The molecule has 1 aromatic heterocycles. The number of aryl methyl sites for hydroxylation is 1. The van der Waals surface area contributed by atoms with E-state index in [1.54, 1.807) is 18.3 Å². The maximum absolute atomic E-state index is 12.7. The molecule has 0 saturated heterocycles. The molecule has 2 atom stereocenters. The van der Waals surface area contributed by atoms with Crippen molar-refractivity contribution in [1.82, 2.24) is 5.32 Å². The van der Waals surface area contributed by atoms with Crippen molar-refractivity contribution in [2.75, 3.05) is 0 Å². The molecule has 0 aliphatic rings. The molecule has 4 heteroatoms. The van der Waals surface area contributed by atoms with Gasteiger partial charge in [0.15, 0.2) is 6.10 Å². The summed E-state index contributed by atoms with van der Waals surface area (Å²) in [6.07, 6.45) is -0.575. The number of thiophene rings is 1. The van der Waals surface area contributed by atoms with E-state index < -0.39 is 6.10 Å². The third kappa shape index (κ3) is 4.48. The van der Waals surface area contributed by atoms with Crippen LogP contribution in [0.25, 0.3) is 0 Å². The first-order chi connectivity index (χ1) is 12.1. The number of nitrogens with one attached hydrogen (secondary N) is 1. The monoisotopic (exact) mass is 351 g/mol. The van der Waals surface area contributed by atoms with Gasteiger partial charge in [0.2, 0.25) is 0 Å². The molecule has 0 aliphatic heterocycles. The predicted molar refractivity (Wildman–Crippen MR) is 102 cm³/mol. The summed E-state index contributed by atoms with van der Waals surface area (Å²) >= 11 is 1.63. The second kappa shape index (κ2) is 7.99. The van der Waals surface area contributed by atoms with Crippen molar-refractivity contribution in [3.8, 4) is 5.75 Å². The largest absolute Gasteiger partial charge is 0.481 e. The first-order valence-electron chi connectivity index (χ1n) is 8.25. The normalized spacial score (nSPS) is 13.0. The number of amides is 1. The molecular weight excluding hydrogens is 330 g/mol. The van der Waals surface area contributed by atoms with Gasteiger partial charge in [0.05, 0.1) is 6.04 Å². The Morgan fingerprint density at radius 1 is 1.00 bits per heavy atom. The van der Waals surface area contributed by atoms with Crippen molar-refractivity contribution in [3.63, 3.8) is 0 Å². The van der Waals surface area contributed by atoms with Crippen molar-refractivity contribution < 1.29 is 9.53 Å². The summed E-state index contributed by atoms with van der Waals surface area (Å²) in [5, 5.41) is 5.13. The minimum absolute atomic E-state index is 0.136. The number of rotatable bonds is 6. The molecule has 3 aromatic rings. The Morgan fingerprint density at radius 3 is 2.36 bits per heavy atom. The molecule has 0 fully saturated rings. The number of benzene rings is 2. The zero-order valence-corrected chi connectivity index (χ0v) is 15.1. The SMILES string of the molecule is Cc1ccc(O[C@H](C)C(=O)N[C@@H](c2ccccc2)c2cccs2)cc1. The molecule has 3 rings (SSSR count). The van der Waals surface area contributed by atoms with E-state index in [1.807, 2.05) is 79.0 Å². The lowest BCUT2D eigenvalue weighted by molar-refractivity contribution is -0.127. The van der Waals surface area contributed by atoms with Gasteiger partial charge in [-0.25, -0.2) is 0 Å². The highest BCUT2D eigenvalue weighted by Crippen LogP contribution is 2.26. The van der Waals surface area contributed by atoms with E-state index in [2.05, 4.69) is 5.32 Å². The molecule has 2 aromatic carbocycles. The molecule has 128 valence electrons. The maximum atomic E-state index is 12.7. The van der Waals surface area contributed by atoms with Crippen LogP contribution in [0.4, 0.5) is 0 Å². The summed E-state index contributed by atoms with van der Waals surface area (Å²) in [5.41, 5.74) is 2.21. The van der Waals surface area contributed by atoms with Crippen LogP contribution in [-0.2, 0) is 4.79 Å². The average Bonchev–Trinajstić information content (AvgIpc) is 3.16. The van der Waals surface area contributed by atoms with Crippen LogP contribution in [0.2, 0.25) is 0 Å². The minimum Gasteiger partial charge on any atom is -0.481 e. The van der Waals surface area contributed by atoms with Crippen molar-refractivity contribution >= 4 is 17.2 Å². The van der Waals surface area contributed by atoms with Gasteiger partial charge in [0.1, 0.15) is 5.75 Å². The molecule has 0 radical (unpaired) electrons. The van der Waals surface area contributed by atoms with E-state index in [-0.39, 0.29) is 11.9 Å². The first-order valence-corrected chi connectivity index (χ1v) is 9.13. The van der Waals surface area contributed by atoms with Gasteiger partial charge in [-0.1, -0.05) is 54.1 Å². The number of carbonyl (C=O) groups is 1. The molecule has 0 aliphatic carbocycles. The Bertz CT molecular complexity index is 798. The molecule has 0 saturated carbocycles. The van der Waals surface area contributed by atoms with Crippen LogP contribution in [-0.4, -0.2) is 12.0 Å². The third-order valence-corrected chi connectivity index (χ3v) is 4.89. The van der Waals surface area contributed by atoms with E-state index in [4.69, 9.17) is 4.74 Å². The van der Waals surface area contributed by atoms with Crippen molar-refractivity contribution in [2.45, 2.75) is 26.0 Å². The molecule has 1 N–H and O–H groups in total. The van der Waals surface area contributed by atoms with Crippen LogP contribution in [0.5, 0.6) is 5.75 Å². The number of hydrogen-bond donors (Lipinski definition) is 1. The Morgan fingerprint density at radius 2 is 1.72 bits per heavy atom. The Balaban J connectivity index is 1.73. The highest BCUT2D eigenvalue weighted by atomic mass is 32.1. The molecule has 0 spiro atoms. The summed E-state index contributed by atoms with van der Waals surface area (Å²) in [6, 6.07) is 21.5. The lowest BCUT2D eigenvalue weighted by Gasteiger charge is -2.21. The van der Waals surface area contributed by atoms with Crippen molar-refractivity contribution in [3.05, 3.63) is 88.1 Å². The van der Waals surface area contributed by atoms with Gasteiger partial charge < -0.3 is 10.1 Å². The van der Waals surface area contributed by atoms with Gasteiger partial charge in [-0.3, -0.25) is 4.79 Å². The predicted octanol–water partition coefficient (Wildman–Crippen LogP) is 4.73. The molecule has 25 heavy (non-hydrogen) atoms. The van der Waals surface area contributed by atoms with E-state index in [9.17, 15) is 4.79 Å². The Hall–Kier alpha value is -2.59. The van der Waals surface area contributed by atoms with E-state index in [1.165, 1.54) is 0 Å². The number of carbonyl (C=O) groups excluding carboxylic acids is 1. The topological polar surface area (TPSA) is 38.3 Å². The fourth-order valence-electron chi connectivity index (χ4n) is 2.55. The highest BCUT2D eigenvalue weighted by molar-refractivity contribution is 7.10. The maximum Gasteiger partial charge on any atom is 0.261 e. The highest BCUT2D eigenvalue weighted by Gasteiger charge is 2.22. The Labute approximate surface area is 152 Å². The second-order valence-electron chi connectivity index (χ2n) is 5.94. The lowest BCUT2D eigenvalue weighted by atomic mass is 10.1. The minimum atomic E-state index is -0.575. The standard InChI is InChI=1S/C21H21NO2S/c1-15-10-12-18(13-11-15)24-16(2)21(23)22-20(19-9-6-14-25-19)17-7-4-3-5-8-17/h3-14,16,20H,1-2H3,(H,22,23)/t16-,20+/m1/s1. The van der Waals surface area contributed by atoms with E-state index in [0.29, 0.717) is 5.75 Å². The van der Waals surface area contributed by atoms with Gasteiger partial charge in [-0.2, -0.15) is 0 Å². The average molecular weight is 351 g/mol. The second-order valence-corrected chi connectivity index (χ2v) is 6.92. The summed E-state index contributed by atoms with van der Waals surface area (Å²) < 4.78 is 5.78. The van der Waals surface area contributed by atoms with Gasteiger partial charge in [-0.05, 0) is 43.0 Å². The quantitative estimate of drug-likeness (QED) is 0.697. The molecule has 0 unspecified atom stereocenters. The van der Waals surface area contributed by atoms with Gasteiger partial charge in [-0.15, -0.1) is 11.3 Å². The van der Waals surface area contributed by atoms with Crippen molar-refractivity contribution in [1.29, 1.82) is 0 Å². The van der Waals surface area contributed by atoms with Crippen molar-refractivity contribution in [2.24, 2.45) is 0 Å². The summed E-state index contributed by atoms with van der Waals surface area (Å²) in [4.78, 5) is 13.8. The van der Waals surface area contributed by atoms with Crippen LogP contribution in [0, 0.1) is 6.92 Å². The number of hydrogen-bond acceptors (Lipinski definition) is 3. The zero-order chi connectivity index (χ0) is 17.6. The van der Waals surface area contributed by atoms with Crippen LogP contribution in [0.15, 0.2) is 72.1 Å². The smallest absolute Gasteiger partial charge is 0.261 e. The van der Waals surface area contributed by atoms with E-state index in [0.717, 1.165) is 16.0 Å². The Kier molecular flexibility index (Phi) is 5.51. The molecule has 3 nitrogen and oxygen atoms in total. The van der Waals surface area contributed by atoms with Crippen LogP contribution in [0.1, 0.15) is 29.0 Å². The van der Waals surface area contributed by atoms with Gasteiger partial charge in [0, 0.05) is 4.88 Å². The lowest BCUT2D eigenvalue weighted by Crippen LogP contribution is -2.38. The first kappa shape index (κ1) is 17.2. The van der Waals surface area contributed by atoms with Crippen LogP contribution < -0.4 is 10.1 Å². The molecule has 0 bridgehead atoms. The number of ether oxygens (including phenoxy) is 1. The fourth-order valence-corrected chi connectivity index (χ4v) is 3.36.